The van der Waals surface area contributed by atoms with Crippen molar-refractivity contribution in [3.8, 4) is 22.5 Å². The molecule has 0 fully saturated rings. The fourth-order valence-corrected chi connectivity index (χ4v) is 3.86. The number of nitrogens with zero attached hydrogens (tertiary/aromatic N) is 2. The molecule has 0 radical (unpaired) electrons. The molecule has 0 bridgehead atoms. The first kappa shape index (κ1) is 20.1. The van der Waals surface area contributed by atoms with Crippen LogP contribution >= 0.6 is 11.8 Å². The Hall–Kier alpha value is -3.16. The SMILES string of the molecule is NCCCSc1nc(-c2ccnc(Nc3ccccc3)c2)c(-c2ccc(F)cc2)[nH]1. The van der Waals surface area contributed by atoms with E-state index in [2.05, 4.69) is 15.3 Å². The number of aromatic nitrogens is 3. The summed E-state index contributed by atoms with van der Waals surface area (Å²) in [6, 6.07) is 20.2. The molecule has 2 aromatic heterocycles. The molecule has 7 heteroatoms. The molecule has 0 unspecified atom stereocenters. The van der Waals surface area contributed by atoms with Gasteiger partial charge in [0.25, 0.3) is 0 Å². The first-order valence-corrected chi connectivity index (χ1v) is 10.7. The van der Waals surface area contributed by atoms with E-state index < -0.39 is 0 Å². The highest BCUT2D eigenvalue weighted by Gasteiger charge is 2.15. The lowest BCUT2D eigenvalue weighted by Gasteiger charge is -2.08. The highest BCUT2D eigenvalue weighted by Crippen LogP contribution is 2.34. The monoisotopic (exact) mass is 419 g/mol. The van der Waals surface area contributed by atoms with Gasteiger partial charge >= 0.3 is 0 Å². The van der Waals surface area contributed by atoms with E-state index in [0.717, 1.165) is 51.4 Å². The zero-order chi connectivity index (χ0) is 20.8. The topological polar surface area (TPSA) is 79.6 Å². The second-order valence-electron chi connectivity index (χ2n) is 6.68. The summed E-state index contributed by atoms with van der Waals surface area (Å²) in [5, 5.41) is 4.12. The van der Waals surface area contributed by atoms with Crippen LogP contribution in [0.25, 0.3) is 22.5 Å². The fraction of sp³-hybridized carbons (Fsp3) is 0.130. The number of anilines is 2. The van der Waals surface area contributed by atoms with Crippen LogP contribution in [0.2, 0.25) is 0 Å². The first-order chi connectivity index (χ1) is 14.7. The van der Waals surface area contributed by atoms with Gasteiger partial charge in [0.2, 0.25) is 0 Å². The van der Waals surface area contributed by atoms with Crippen LogP contribution in [0, 0.1) is 5.82 Å². The first-order valence-electron chi connectivity index (χ1n) is 9.70. The van der Waals surface area contributed by atoms with Gasteiger partial charge in [-0.15, -0.1) is 0 Å². The van der Waals surface area contributed by atoms with Crippen LogP contribution in [-0.2, 0) is 0 Å². The highest BCUT2D eigenvalue weighted by molar-refractivity contribution is 7.99. The summed E-state index contributed by atoms with van der Waals surface area (Å²) in [4.78, 5) is 12.6. The van der Waals surface area contributed by atoms with Crippen LogP contribution in [-0.4, -0.2) is 27.2 Å². The maximum absolute atomic E-state index is 13.4. The Balaban J connectivity index is 1.69. The van der Waals surface area contributed by atoms with Crippen molar-refractivity contribution in [3.05, 3.63) is 78.7 Å². The van der Waals surface area contributed by atoms with E-state index in [4.69, 9.17) is 10.7 Å². The van der Waals surface area contributed by atoms with Crippen molar-refractivity contribution in [3.63, 3.8) is 0 Å². The van der Waals surface area contributed by atoms with Crippen LogP contribution in [0.1, 0.15) is 6.42 Å². The number of hydrogen-bond acceptors (Lipinski definition) is 5. The van der Waals surface area contributed by atoms with Gasteiger partial charge in [-0.2, -0.15) is 0 Å². The molecule has 4 N–H and O–H groups in total. The quantitative estimate of drug-likeness (QED) is 0.261. The number of nitrogens with one attached hydrogen (secondary N) is 2. The maximum Gasteiger partial charge on any atom is 0.166 e. The van der Waals surface area contributed by atoms with Crippen molar-refractivity contribution in [1.29, 1.82) is 0 Å². The average molecular weight is 420 g/mol. The maximum atomic E-state index is 13.4. The predicted octanol–water partition coefficient (Wildman–Crippen LogP) is 5.46. The van der Waals surface area contributed by atoms with Crippen LogP contribution in [0.3, 0.4) is 0 Å². The average Bonchev–Trinajstić information content (AvgIpc) is 3.20. The lowest BCUT2D eigenvalue weighted by Crippen LogP contribution is -1.99. The summed E-state index contributed by atoms with van der Waals surface area (Å²) in [5.74, 6) is 1.34. The van der Waals surface area contributed by atoms with Gasteiger partial charge in [-0.3, -0.25) is 0 Å². The van der Waals surface area contributed by atoms with Crippen molar-refractivity contribution in [2.75, 3.05) is 17.6 Å². The van der Waals surface area contributed by atoms with E-state index in [1.54, 1.807) is 30.1 Å². The molecular weight excluding hydrogens is 397 g/mol. The molecule has 5 nitrogen and oxygen atoms in total. The molecule has 0 amide bonds. The Bertz CT molecular complexity index is 1100. The smallest absolute Gasteiger partial charge is 0.166 e. The van der Waals surface area contributed by atoms with E-state index in [1.165, 1.54) is 12.1 Å². The number of nitrogens with two attached hydrogens (primary N) is 1. The zero-order valence-corrected chi connectivity index (χ0v) is 17.1. The molecule has 4 rings (SSSR count). The third-order valence-corrected chi connectivity index (χ3v) is 5.44. The Morgan fingerprint density at radius 2 is 1.80 bits per heavy atom. The Kier molecular flexibility index (Phi) is 6.41. The zero-order valence-electron chi connectivity index (χ0n) is 16.3. The predicted molar refractivity (Wildman–Crippen MR) is 121 cm³/mol. The van der Waals surface area contributed by atoms with E-state index in [1.807, 2.05) is 42.5 Å². The molecular formula is C23H22FN5S. The molecule has 0 aliphatic carbocycles. The van der Waals surface area contributed by atoms with Gasteiger partial charge in [0.15, 0.2) is 5.16 Å². The molecule has 0 atom stereocenters. The van der Waals surface area contributed by atoms with Gasteiger partial charge in [0.1, 0.15) is 11.6 Å². The molecule has 0 spiro atoms. The van der Waals surface area contributed by atoms with Crippen LogP contribution in [0.15, 0.2) is 78.1 Å². The second kappa shape index (κ2) is 9.56. The second-order valence-corrected chi connectivity index (χ2v) is 7.77. The number of H-pyrrole nitrogens is 1. The van der Waals surface area contributed by atoms with E-state index in [9.17, 15) is 4.39 Å². The molecule has 30 heavy (non-hydrogen) atoms. The van der Waals surface area contributed by atoms with Gasteiger partial charge in [0, 0.05) is 28.8 Å². The summed E-state index contributed by atoms with van der Waals surface area (Å²) < 4.78 is 13.4. The Labute approximate surface area is 179 Å². The van der Waals surface area contributed by atoms with Crippen molar-refractivity contribution in [1.82, 2.24) is 15.0 Å². The van der Waals surface area contributed by atoms with Crippen molar-refractivity contribution in [2.24, 2.45) is 5.73 Å². The van der Waals surface area contributed by atoms with Gasteiger partial charge < -0.3 is 16.0 Å². The number of para-hydroxylation sites is 1. The van der Waals surface area contributed by atoms with Crippen LogP contribution < -0.4 is 11.1 Å². The van der Waals surface area contributed by atoms with Crippen molar-refractivity contribution < 1.29 is 4.39 Å². The molecule has 2 aromatic carbocycles. The number of thioether (sulfide) groups is 1. The number of imidazole rings is 1. The van der Waals surface area contributed by atoms with Crippen LogP contribution in [0.4, 0.5) is 15.9 Å². The van der Waals surface area contributed by atoms with Crippen LogP contribution in [0.5, 0.6) is 0 Å². The Morgan fingerprint density at radius 1 is 1.00 bits per heavy atom. The molecule has 2 heterocycles. The van der Waals surface area contributed by atoms with E-state index in [0.29, 0.717) is 6.54 Å². The molecule has 0 saturated carbocycles. The normalized spacial score (nSPS) is 10.9. The minimum atomic E-state index is -0.268. The summed E-state index contributed by atoms with van der Waals surface area (Å²) >= 11 is 1.63. The summed E-state index contributed by atoms with van der Waals surface area (Å²) in [6.07, 6.45) is 2.66. The number of hydrogen-bond donors (Lipinski definition) is 3. The van der Waals surface area contributed by atoms with Gasteiger partial charge in [0.05, 0.1) is 11.4 Å². The number of benzene rings is 2. The minimum absolute atomic E-state index is 0.268. The number of aromatic amines is 1. The third kappa shape index (κ3) is 4.87. The lowest BCUT2D eigenvalue weighted by atomic mass is 10.1. The number of halogens is 1. The molecule has 0 saturated heterocycles. The van der Waals surface area contributed by atoms with Gasteiger partial charge in [-0.25, -0.2) is 14.4 Å². The summed E-state index contributed by atoms with van der Waals surface area (Å²) in [6.45, 7) is 0.643. The van der Waals surface area contributed by atoms with Gasteiger partial charge in [-0.05, 0) is 61.5 Å². The lowest BCUT2D eigenvalue weighted by molar-refractivity contribution is 0.628. The minimum Gasteiger partial charge on any atom is -0.340 e. The molecule has 4 aromatic rings. The number of rotatable bonds is 8. The molecule has 152 valence electrons. The number of pyridine rings is 1. The fourth-order valence-electron chi connectivity index (χ4n) is 3.02. The Morgan fingerprint density at radius 3 is 2.57 bits per heavy atom. The third-order valence-electron chi connectivity index (χ3n) is 4.48. The highest BCUT2D eigenvalue weighted by atomic mass is 32.2. The van der Waals surface area contributed by atoms with Crippen molar-refractivity contribution >= 4 is 23.3 Å². The molecule has 0 aliphatic heterocycles. The standard InChI is InChI=1S/C23H22FN5S/c24-18-9-7-16(8-10-18)21-22(29-23(28-21)30-14-4-12-25)17-11-13-26-20(15-17)27-19-5-2-1-3-6-19/h1-3,5-11,13,15H,4,12,14,25H2,(H,26,27)(H,28,29). The summed E-state index contributed by atoms with van der Waals surface area (Å²) in [7, 11) is 0. The molecule has 0 aliphatic rings. The summed E-state index contributed by atoms with van der Waals surface area (Å²) in [5.41, 5.74) is 10.0. The van der Waals surface area contributed by atoms with E-state index in [-0.39, 0.29) is 5.82 Å². The van der Waals surface area contributed by atoms with Crippen molar-refractivity contribution in [2.45, 2.75) is 11.6 Å². The van der Waals surface area contributed by atoms with Gasteiger partial charge in [-0.1, -0.05) is 30.0 Å². The largest absolute Gasteiger partial charge is 0.340 e. The van der Waals surface area contributed by atoms with E-state index >= 15 is 0 Å².